The molecule has 0 saturated heterocycles. The first-order chi connectivity index (χ1) is 15.6. The zero-order chi connectivity index (χ0) is 24.1. The third-order valence-electron chi connectivity index (χ3n) is 6.75. The van der Waals surface area contributed by atoms with Crippen LogP contribution in [-0.4, -0.2) is 6.04 Å². The molecule has 0 heterocycles. The van der Waals surface area contributed by atoms with Gasteiger partial charge in [-0.05, 0) is 25.7 Å². The van der Waals surface area contributed by atoms with E-state index in [1.54, 1.807) is 6.08 Å². The van der Waals surface area contributed by atoms with E-state index in [4.69, 9.17) is 5.73 Å². The molecule has 0 aromatic rings. The predicted octanol–water partition coefficient (Wildman–Crippen LogP) is 11.2. The molecule has 0 spiro atoms. The van der Waals surface area contributed by atoms with Crippen LogP contribution in [0.3, 0.4) is 0 Å². The number of allylic oxidation sites excluding steroid dienone is 1. The molecule has 0 aliphatic rings. The maximum absolute atomic E-state index is 6.31. The molecule has 0 fully saturated rings. The largest absolute Gasteiger partial charge is 0.328 e. The highest BCUT2D eigenvalue weighted by Crippen LogP contribution is 2.19. The van der Waals surface area contributed by atoms with Crippen LogP contribution >= 0.6 is 0 Å². The summed E-state index contributed by atoms with van der Waals surface area (Å²) >= 11 is 0. The second-order valence-corrected chi connectivity index (χ2v) is 10.4. The molecule has 0 aromatic carbocycles. The van der Waals surface area contributed by atoms with Gasteiger partial charge in [0.15, 0.2) is 0 Å². The van der Waals surface area contributed by atoms with Crippen molar-refractivity contribution in [3.05, 3.63) is 12.7 Å². The van der Waals surface area contributed by atoms with Gasteiger partial charge in [0.05, 0.1) is 0 Å². The first-order valence-corrected chi connectivity index (χ1v) is 14.9. The summed E-state index contributed by atoms with van der Waals surface area (Å²) in [6.45, 7) is 12.3. The topological polar surface area (TPSA) is 26.0 Å². The number of hydrogen-bond donors (Lipinski definition) is 1. The van der Waals surface area contributed by atoms with Crippen LogP contribution in [0.25, 0.3) is 0 Å². The van der Waals surface area contributed by atoms with Gasteiger partial charge in [-0.15, -0.1) is 6.58 Å². The Morgan fingerprint density at radius 1 is 0.531 bits per heavy atom. The van der Waals surface area contributed by atoms with Crippen molar-refractivity contribution in [3.8, 4) is 0 Å². The summed E-state index contributed by atoms with van der Waals surface area (Å²) in [7, 11) is 0. The molecule has 0 radical (unpaired) electrons. The summed E-state index contributed by atoms with van der Waals surface area (Å²) in [6, 6.07) is 0.465. The third kappa shape index (κ3) is 31.9. The molecule has 0 saturated carbocycles. The molecule has 32 heavy (non-hydrogen) atoms. The lowest BCUT2D eigenvalue weighted by Crippen LogP contribution is -2.19. The summed E-state index contributed by atoms with van der Waals surface area (Å²) in [4.78, 5) is 0. The van der Waals surface area contributed by atoms with Gasteiger partial charge in [-0.25, -0.2) is 0 Å². The second kappa shape index (κ2) is 30.7. The molecule has 1 nitrogen and oxygen atoms in total. The lowest BCUT2D eigenvalue weighted by Gasteiger charge is -2.12. The van der Waals surface area contributed by atoms with Crippen LogP contribution in [0.2, 0.25) is 0 Å². The molecule has 0 bridgehead atoms. The summed E-state index contributed by atoms with van der Waals surface area (Å²) < 4.78 is 0. The molecule has 2 atom stereocenters. The van der Waals surface area contributed by atoms with Crippen molar-refractivity contribution in [2.45, 2.75) is 181 Å². The van der Waals surface area contributed by atoms with Crippen LogP contribution in [0.15, 0.2) is 12.7 Å². The molecule has 0 rings (SSSR count). The van der Waals surface area contributed by atoms with Gasteiger partial charge in [-0.1, -0.05) is 162 Å². The van der Waals surface area contributed by atoms with Crippen LogP contribution in [-0.2, 0) is 0 Å². The van der Waals surface area contributed by atoms with Crippen LogP contribution in [0.5, 0.6) is 0 Å². The number of hydrogen-bond acceptors (Lipinski definition) is 1. The fourth-order valence-corrected chi connectivity index (χ4v) is 4.53. The lowest BCUT2D eigenvalue weighted by molar-refractivity contribution is 0.428. The van der Waals surface area contributed by atoms with Crippen LogP contribution in [0.4, 0.5) is 0 Å². The Labute approximate surface area is 205 Å². The van der Waals surface area contributed by atoms with Crippen LogP contribution in [0, 0.1) is 5.92 Å². The van der Waals surface area contributed by atoms with E-state index in [0.717, 1.165) is 5.92 Å². The van der Waals surface area contributed by atoms with E-state index in [-0.39, 0.29) is 0 Å². The van der Waals surface area contributed by atoms with E-state index in [1.807, 2.05) is 6.92 Å². The molecule has 1 heteroatoms. The Morgan fingerprint density at radius 3 is 1.09 bits per heavy atom. The zero-order valence-electron chi connectivity index (χ0n) is 23.3. The van der Waals surface area contributed by atoms with Crippen molar-refractivity contribution in [1.29, 1.82) is 0 Å². The van der Waals surface area contributed by atoms with Crippen molar-refractivity contribution >= 4 is 0 Å². The number of nitrogens with two attached hydrogens (primary N) is 1. The van der Waals surface area contributed by atoms with E-state index >= 15 is 0 Å². The first-order valence-electron chi connectivity index (χ1n) is 14.9. The minimum atomic E-state index is 0.465. The Morgan fingerprint density at radius 2 is 0.781 bits per heavy atom. The Hall–Kier alpha value is -0.300. The second-order valence-electron chi connectivity index (χ2n) is 10.4. The Kier molecular flexibility index (Phi) is 32.5. The van der Waals surface area contributed by atoms with E-state index < -0.39 is 0 Å². The molecule has 2 unspecified atom stereocenters. The lowest BCUT2D eigenvalue weighted by atomic mass is 9.95. The minimum Gasteiger partial charge on any atom is -0.328 e. The van der Waals surface area contributed by atoms with Crippen molar-refractivity contribution in [2.24, 2.45) is 11.7 Å². The van der Waals surface area contributed by atoms with E-state index in [1.165, 1.54) is 148 Å². The average Bonchev–Trinajstić information content (AvgIpc) is 2.77. The normalized spacial score (nSPS) is 12.8. The SMILES string of the molecule is C=CC.CCCCCCCCCC(C)CCCCCCCC(N)CCCCCCCCC. The van der Waals surface area contributed by atoms with Crippen molar-refractivity contribution in [3.63, 3.8) is 0 Å². The van der Waals surface area contributed by atoms with Crippen LogP contribution < -0.4 is 5.73 Å². The fraction of sp³-hybridized carbons (Fsp3) is 0.935. The van der Waals surface area contributed by atoms with E-state index in [2.05, 4.69) is 27.4 Å². The van der Waals surface area contributed by atoms with Crippen molar-refractivity contribution < 1.29 is 0 Å². The smallest absolute Gasteiger partial charge is 0.00388 e. The van der Waals surface area contributed by atoms with E-state index in [9.17, 15) is 0 Å². The fourth-order valence-electron chi connectivity index (χ4n) is 4.53. The molecule has 0 aliphatic carbocycles. The monoisotopic (exact) mass is 452 g/mol. The predicted molar refractivity (Wildman–Crippen MR) is 151 cm³/mol. The maximum atomic E-state index is 6.31. The average molecular weight is 452 g/mol. The standard InChI is InChI=1S/C28H59N.C3H6/c1-4-6-8-10-12-15-19-23-27(3)24-20-16-14-18-22-26-28(29)25-21-17-13-11-9-7-5-2;1-3-2/h27-28H,4-26,29H2,1-3H3;3H,1H2,2H3. The van der Waals surface area contributed by atoms with Gasteiger partial charge in [-0.3, -0.25) is 0 Å². The van der Waals surface area contributed by atoms with Gasteiger partial charge in [0.1, 0.15) is 0 Å². The minimum absolute atomic E-state index is 0.465. The molecule has 194 valence electrons. The highest BCUT2D eigenvalue weighted by Gasteiger charge is 2.04. The maximum Gasteiger partial charge on any atom is 0.00388 e. The molecular formula is C31H65N. The van der Waals surface area contributed by atoms with Gasteiger partial charge in [0.25, 0.3) is 0 Å². The van der Waals surface area contributed by atoms with E-state index in [0.29, 0.717) is 6.04 Å². The summed E-state index contributed by atoms with van der Waals surface area (Å²) in [5.41, 5.74) is 6.31. The first kappa shape index (κ1) is 33.9. The highest BCUT2D eigenvalue weighted by atomic mass is 14.6. The number of rotatable bonds is 24. The summed E-state index contributed by atoms with van der Waals surface area (Å²) in [6.07, 6.45) is 34.1. The molecule has 0 aliphatic heterocycles. The third-order valence-corrected chi connectivity index (χ3v) is 6.75. The van der Waals surface area contributed by atoms with Crippen molar-refractivity contribution in [2.75, 3.05) is 0 Å². The van der Waals surface area contributed by atoms with Gasteiger partial charge in [-0.2, -0.15) is 0 Å². The van der Waals surface area contributed by atoms with Gasteiger partial charge in [0.2, 0.25) is 0 Å². The summed E-state index contributed by atoms with van der Waals surface area (Å²) in [5.74, 6) is 0.945. The quantitative estimate of drug-likeness (QED) is 0.114. The van der Waals surface area contributed by atoms with Crippen molar-refractivity contribution in [1.82, 2.24) is 0 Å². The van der Waals surface area contributed by atoms with Gasteiger partial charge < -0.3 is 5.73 Å². The van der Waals surface area contributed by atoms with Crippen LogP contribution in [0.1, 0.15) is 175 Å². The summed E-state index contributed by atoms with van der Waals surface area (Å²) in [5, 5.41) is 0. The van der Waals surface area contributed by atoms with Gasteiger partial charge >= 0.3 is 0 Å². The molecule has 2 N–H and O–H groups in total. The highest BCUT2D eigenvalue weighted by molar-refractivity contribution is 4.62. The zero-order valence-corrected chi connectivity index (χ0v) is 23.3. The Bertz CT molecular complexity index is 296. The molecule has 0 aromatic heterocycles. The van der Waals surface area contributed by atoms with Gasteiger partial charge in [0, 0.05) is 6.04 Å². The molecular weight excluding hydrogens is 386 g/mol. The number of unbranched alkanes of at least 4 members (excludes halogenated alkanes) is 16. The Balaban J connectivity index is 0. The molecule has 0 amide bonds.